The minimum Gasteiger partial charge on any atom is -0.262 e. The third-order valence-corrected chi connectivity index (χ3v) is 3.30. The first-order valence-corrected chi connectivity index (χ1v) is 6.54. The second-order valence-electron chi connectivity index (χ2n) is 5.24. The van der Waals surface area contributed by atoms with Gasteiger partial charge in [0.05, 0.1) is 18.3 Å². The molecule has 7 heteroatoms. The highest BCUT2D eigenvalue weighted by Gasteiger charge is 2.20. The molecule has 0 saturated carbocycles. The van der Waals surface area contributed by atoms with Crippen LogP contribution in [0.1, 0.15) is 13.8 Å². The molecule has 0 bridgehead atoms. The van der Waals surface area contributed by atoms with Gasteiger partial charge < -0.3 is 0 Å². The third-order valence-electron chi connectivity index (χ3n) is 3.30. The zero-order valence-electron chi connectivity index (χ0n) is 11.2. The number of fused-ring (bicyclic) bond motifs is 6. The molecule has 2 aliphatic heterocycles. The lowest BCUT2D eigenvalue weighted by Crippen LogP contribution is -2.13. The number of imidazole rings is 1. The van der Waals surface area contributed by atoms with Gasteiger partial charge in [-0.05, 0) is 17.2 Å². The smallest absolute Gasteiger partial charge is 0.206 e. The lowest BCUT2D eigenvalue weighted by molar-refractivity contribution is 0.415. The van der Waals surface area contributed by atoms with E-state index < -0.39 is 0 Å². The van der Waals surface area contributed by atoms with Crippen molar-refractivity contribution >= 4 is 16.6 Å². The molecule has 0 unspecified atom stereocenters. The summed E-state index contributed by atoms with van der Waals surface area (Å²) in [6, 6.07) is 1.95. The summed E-state index contributed by atoms with van der Waals surface area (Å²) in [6.45, 7) is 5.08. The van der Waals surface area contributed by atoms with Gasteiger partial charge in [0.25, 0.3) is 0 Å². The van der Waals surface area contributed by atoms with E-state index in [4.69, 9.17) is 0 Å². The number of tetrazole rings is 1. The molecule has 2 aromatic rings. The van der Waals surface area contributed by atoms with Crippen LogP contribution in [0, 0.1) is 5.92 Å². The molecule has 100 valence electrons. The largest absolute Gasteiger partial charge is 0.262 e. The summed E-state index contributed by atoms with van der Waals surface area (Å²) >= 11 is 0. The van der Waals surface area contributed by atoms with Gasteiger partial charge in [0, 0.05) is 11.6 Å². The van der Waals surface area contributed by atoms with Gasteiger partial charge in [-0.15, -0.1) is 5.10 Å². The van der Waals surface area contributed by atoms with E-state index in [9.17, 15) is 0 Å². The van der Waals surface area contributed by atoms with Crippen molar-refractivity contribution in [1.29, 1.82) is 0 Å². The Morgan fingerprint density at radius 3 is 2.90 bits per heavy atom. The van der Waals surface area contributed by atoms with Gasteiger partial charge in [-0.1, -0.05) is 13.8 Å². The molecule has 4 heterocycles. The van der Waals surface area contributed by atoms with E-state index in [0.717, 1.165) is 34.5 Å². The van der Waals surface area contributed by atoms with Crippen LogP contribution >= 0.6 is 0 Å². The van der Waals surface area contributed by atoms with E-state index in [1.54, 1.807) is 12.5 Å². The van der Waals surface area contributed by atoms with Gasteiger partial charge in [0.15, 0.2) is 0 Å². The molecule has 0 aliphatic carbocycles. The highest BCUT2D eigenvalue weighted by molar-refractivity contribution is 5.97. The fraction of sp³-hybridized carbons (Fsp3) is 0.308. The first-order valence-electron chi connectivity index (χ1n) is 6.54. The van der Waals surface area contributed by atoms with Crippen LogP contribution < -0.4 is 0 Å². The molecule has 0 N–H and O–H groups in total. The van der Waals surface area contributed by atoms with Crippen LogP contribution in [-0.2, 0) is 6.54 Å². The topological polar surface area (TPSA) is 73.8 Å². The molecule has 4 rings (SSSR count). The summed E-state index contributed by atoms with van der Waals surface area (Å²) in [6.07, 6.45) is 5.14. The first kappa shape index (κ1) is 11.3. The summed E-state index contributed by atoms with van der Waals surface area (Å²) in [5.41, 5.74) is 3.29. The van der Waals surface area contributed by atoms with Gasteiger partial charge in [-0.25, -0.2) is 14.5 Å². The van der Waals surface area contributed by atoms with Crippen molar-refractivity contribution in [2.75, 3.05) is 0 Å². The molecule has 0 atom stereocenters. The predicted molar refractivity (Wildman–Crippen MR) is 73.3 cm³/mol. The second-order valence-corrected chi connectivity index (χ2v) is 5.24. The van der Waals surface area contributed by atoms with E-state index in [0.29, 0.717) is 5.92 Å². The van der Waals surface area contributed by atoms with Crippen molar-refractivity contribution in [2.24, 2.45) is 5.92 Å². The molecular weight excluding hydrogens is 254 g/mol. The fourth-order valence-corrected chi connectivity index (χ4v) is 2.50. The molecule has 0 amide bonds. The normalized spacial score (nSPS) is 12.2. The standard InChI is InChI=1S/C13H13N7/c1-8(2)6-19-18-17-13-12-11(15-7-16-12)9-3-4-14-5-10(9)20(13)19/h3-5,7-8H,6H2,1-2H3. The summed E-state index contributed by atoms with van der Waals surface area (Å²) in [5, 5.41) is 9.53. The maximum atomic E-state index is 4.34. The Morgan fingerprint density at radius 2 is 2.05 bits per heavy atom. The van der Waals surface area contributed by atoms with E-state index in [1.807, 2.05) is 21.6 Å². The highest BCUT2D eigenvalue weighted by Crippen LogP contribution is 2.30. The Kier molecular flexibility index (Phi) is 2.23. The SMILES string of the molecule is CC(C)Cn1nnc2c3ncnc-3c3ccncc3n21. The quantitative estimate of drug-likeness (QED) is 0.552. The van der Waals surface area contributed by atoms with Gasteiger partial charge >= 0.3 is 0 Å². The van der Waals surface area contributed by atoms with Gasteiger partial charge in [0.1, 0.15) is 17.7 Å². The Morgan fingerprint density at radius 1 is 1.20 bits per heavy atom. The Bertz CT molecular complexity index is 873. The van der Waals surface area contributed by atoms with E-state index in [2.05, 4.69) is 39.1 Å². The maximum Gasteiger partial charge on any atom is 0.206 e. The first-order chi connectivity index (χ1) is 9.75. The Labute approximate surface area is 114 Å². The number of nitrogens with zero attached hydrogens (tertiary/aromatic N) is 7. The average molecular weight is 267 g/mol. The second kappa shape index (κ2) is 3.96. The molecule has 2 aromatic heterocycles. The van der Waals surface area contributed by atoms with Crippen molar-refractivity contribution < 1.29 is 0 Å². The minimum atomic E-state index is 0.473. The van der Waals surface area contributed by atoms with Crippen LogP contribution in [0.4, 0.5) is 0 Å². The number of hydrogen-bond acceptors (Lipinski definition) is 5. The Balaban J connectivity index is 2.20. The molecule has 20 heavy (non-hydrogen) atoms. The average Bonchev–Trinajstić information content (AvgIpc) is 3.05. The molecule has 0 aromatic carbocycles. The van der Waals surface area contributed by atoms with Crippen LogP contribution in [0.5, 0.6) is 0 Å². The van der Waals surface area contributed by atoms with Crippen molar-refractivity contribution in [3.8, 4) is 11.4 Å². The highest BCUT2D eigenvalue weighted by atomic mass is 15.6. The van der Waals surface area contributed by atoms with E-state index in [-0.39, 0.29) is 0 Å². The van der Waals surface area contributed by atoms with Gasteiger partial charge in [0.2, 0.25) is 5.65 Å². The summed E-state index contributed by atoms with van der Waals surface area (Å²) in [4.78, 5) is 14.7. The lowest BCUT2D eigenvalue weighted by Gasteiger charge is -2.10. The van der Waals surface area contributed by atoms with Gasteiger partial charge in [-0.3, -0.25) is 4.98 Å². The van der Waals surface area contributed by atoms with Crippen molar-refractivity contribution in [2.45, 2.75) is 20.4 Å². The summed E-state index contributed by atoms with van der Waals surface area (Å²) < 4.78 is 1.97. The van der Waals surface area contributed by atoms with Crippen LogP contribution in [-0.4, -0.2) is 34.6 Å². The van der Waals surface area contributed by atoms with Crippen LogP contribution in [0.2, 0.25) is 0 Å². The Hall–Kier alpha value is -2.57. The lowest BCUT2D eigenvalue weighted by atomic mass is 10.1. The molecule has 2 aliphatic rings. The van der Waals surface area contributed by atoms with Crippen molar-refractivity contribution in [3.63, 3.8) is 0 Å². The number of aromatic nitrogens is 7. The van der Waals surface area contributed by atoms with Crippen LogP contribution in [0.15, 0.2) is 24.8 Å². The van der Waals surface area contributed by atoms with E-state index >= 15 is 0 Å². The summed E-state index contributed by atoms with van der Waals surface area (Å²) in [7, 11) is 0. The summed E-state index contributed by atoms with van der Waals surface area (Å²) in [5.74, 6) is 0.473. The molecule has 0 radical (unpaired) electrons. The molecule has 0 saturated heterocycles. The third kappa shape index (κ3) is 1.43. The van der Waals surface area contributed by atoms with Crippen molar-refractivity contribution in [1.82, 2.24) is 34.6 Å². The monoisotopic (exact) mass is 267 g/mol. The predicted octanol–water partition coefficient (Wildman–Crippen LogP) is 1.63. The molecule has 7 nitrogen and oxygen atoms in total. The molecule has 0 spiro atoms. The van der Waals surface area contributed by atoms with Crippen molar-refractivity contribution in [3.05, 3.63) is 24.8 Å². The van der Waals surface area contributed by atoms with E-state index in [1.165, 1.54) is 0 Å². The van der Waals surface area contributed by atoms with Crippen LogP contribution in [0.25, 0.3) is 27.9 Å². The number of pyridine rings is 2. The minimum absolute atomic E-state index is 0.473. The number of hydrogen-bond donors (Lipinski definition) is 0. The maximum absolute atomic E-state index is 4.34. The molecular formula is C13H13N7. The zero-order chi connectivity index (χ0) is 13.7. The van der Waals surface area contributed by atoms with Gasteiger partial charge in [-0.2, -0.15) is 4.80 Å². The molecule has 0 fully saturated rings. The number of rotatable bonds is 2. The van der Waals surface area contributed by atoms with Crippen LogP contribution in [0.3, 0.4) is 0 Å². The zero-order valence-corrected chi connectivity index (χ0v) is 11.2. The fourth-order valence-electron chi connectivity index (χ4n) is 2.50.